The fourth-order valence-electron chi connectivity index (χ4n) is 6.53. The van der Waals surface area contributed by atoms with E-state index in [9.17, 15) is 31.0 Å². The largest absolute Gasteiger partial charge is 0.434 e. The number of anilines is 1. The Bertz CT molecular complexity index is 1930. The predicted octanol–water partition coefficient (Wildman–Crippen LogP) is 6.88. The van der Waals surface area contributed by atoms with Crippen LogP contribution in [0.25, 0.3) is 27.7 Å². The first kappa shape index (κ1) is 31.2. The van der Waals surface area contributed by atoms with E-state index in [1.54, 1.807) is 18.2 Å². The molecule has 1 unspecified atom stereocenters. The van der Waals surface area contributed by atoms with Crippen molar-refractivity contribution in [3.63, 3.8) is 0 Å². The predicted molar refractivity (Wildman–Crippen MR) is 163 cm³/mol. The highest BCUT2D eigenvalue weighted by Gasteiger charge is 2.45. The lowest BCUT2D eigenvalue weighted by molar-refractivity contribution is -0.140. The molecule has 2 aliphatic carbocycles. The van der Waals surface area contributed by atoms with Gasteiger partial charge in [-0.2, -0.15) is 22.0 Å². The Morgan fingerprint density at radius 1 is 1.17 bits per heavy atom. The molecule has 9 nitrogen and oxygen atoms in total. The molecule has 1 aliphatic heterocycles. The van der Waals surface area contributed by atoms with Crippen LogP contribution in [0.1, 0.15) is 65.5 Å². The maximum absolute atomic E-state index is 13.8. The molecule has 0 radical (unpaired) electrons. The molecule has 1 amide bonds. The highest BCUT2D eigenvalue weighted by Crippen LogP contribution is 2.56. The number of carbonyl (C=O) groups excluding carboxylic acids is 1. The highest BCUT2D eigenvalue weighted by atomic mass is 32.2. The second-order valence-electron chi connectivity index (χ2n) is 12.1. The van der Waals surface area contributed by atoms with Gasteiger partial charge < -0.3 is 14.2 Å². The fourth-order valence-corrected chi connectivity index (χ4v) is 6.89. The van der Waals surface area contributed by atoms with Crippen molar-refractivity contribution in [1.82, 2.24) is 19.8 Å². The second-order valence-corrected chi connectivity index (χ2v) is 13.2. The summed E-state index contributed by atoms with van der Waals surface area (Å²) in [6.07, 6.45) is 3.86. The number of carbonyl (C=O) groups is 1. The summed E-state index contributed by atoms with van der Waals surface area (Å²) in [5.41, 5.74) is 1.31. The third-order valence-electron chi connectivity index (χ3n) is 8.91. The van der Waals surface area contributed by atoms with Crippen LogP contribution in [-0.2, 0) is 17.2 Å². The number of halogens is 5. The number of piperidine rings is 1. The molecule has 47 heavy (non-hydrogen) atoms. The van der Waals surface area contributed by atoms with Crippen molar-refractivity contribution in [3.05, 3.63) is 71.4 Å². The van der Waals surface area contributed by atoms with E-state index in [1.807, 2.05) is 0 Å². The molecule has 1 spiro atoms. The van der Waals surface area contributed by atoms with Crippen molar-refractivity contribution < 1.29 is 40.2 Å². The Balaban J connectivity index is 1.13. The minimum atomic E-state index is -4.65. The third kappa shape index (κ3) is 6.08. The summed E-state index contributed by atoms with van der Waals surface area (Å²) in [5.74, 6) is -0.240. The quantitative estimate of drug-likeness (QED) is 0.202. The number of fused-ring (bicyclic) bond motifs is 1. The molecular weight excluding hydrogens is 645 g/mol. The third-order valence-corrected chi connectivity index (χ3v) is 9.38. The van der Waals surface area contributed by atoms with Gasteiger partial charge in [-0.1, -0.05) is 11.2 Å². The van der Waals surface area contributed by atoms with Crippen LogP contribution in [0, 0.1) is 5.41 Å². The SMILES string of the molecule is CS(=O)NC(=O)c1cc(OC(F)F)c2cc(N3CCC4(C=C(c5c(-c6cccnc6C(F)(F)F)noc5C5CC5)C4)CC3)ccc2n1. The Morgan fingerprint density at radius 2 is 1.91 bits per heavy atom. The van der Waals surface area contributed by atoms with Gasteiger partial charge >= 0.3 is 12.8 Å². The van der Waals surface area contributed by atoms with E-state index in [2.05, 4.69) is 30.8 Å². The van der Waals surface area contributed by atoms with Crippen LogP contribution < -0.4 is 14.4 Å². The van der Waals surface area contributed by atoms with Crippen molar-refractivity contribution in [1.29, 1.82) is 0 Å². The Hall–Kier alpha value is -4.40. The smallest absolute Gasteiger partial charge is 0.434 e. The number of pyridine rings is 2. The van der Waals surface area contributed by atoms with E-state index >= 15 is 0 Å². The maximum atomic E-state index is 13.8. The standard InChI is InChI=1S/C32H28F5N5O4S/c1-47(44)41-29(43)23-14-24(45-30(33)34)21-13-19(6-7-22(21)39-23)42-11-8-31(9-12-42)15-18(16-31)25-26(40-46-27(25)17-4-5-17)20-3-2-10-38-28(20)32(35,36)37/h2-3,6-7,10,13-15,17,30H,4-5,8-9,11-12,16H2,1H3,(H,41,43). The fraction of sp³-hybridized carbons (Fsp3) is 0.375. The molecule has 3 aromatic heterocycles. The van der Waals surface area contributed by atoms with E-state index in [0.29, 0.717) is 36.2 Å². The summed E-state index contributed by atoms with van der Waals surface area (Å²) >= 11 is 0. The van der Waals surface area contributed by atoms with Crippen LogP contribution in [0.5, 0.6) is 5.75 Å². The van der Waals surface area contributed by atoms with Gasteiger partial charge in [0.25, 0.3) is 5.91 Å². The first-order chi connectivity index (χ1) is 22.4. The maximum Gasteiger partial charge on any atom is 0.434 e. The van der Waals surface area contributed by atoms with Crippen LogP contribution >= 0.6 is 0 Å². The Kier molecular flexibility index (Phi) is 7.76. The van der Waals surface area contributed by atoms with Crippen molar-refractivity contribution >= 4 is 39.1 Å². The van der Waals surface area contributed by atoms with Crippen molar-refractivity contribution in [2.24, 2.45) is 5.41 Å². The summed E-state index contributed by atoms with van der Waals surface area (Å²) in [6.45, 7) is -1.85. The van der Waals surface area contributed by atoms with Crippen LogP contribution in [0.2, 0.25) is 0 Å². The van der Waals surface area contributed by atoms with E-state index in [1.165, 1.54) is 18.4 Å². The molecule has 3 aliphatic rings. The Labute approximate surface area is 267 Å². The van der Waals surface area contributed by atoms with Crippen LogP contribution in [0.4, 0.5) is 27.6 Å². The molecular formula is C32H28F5N5O4S. The average Bonchev–Trinajstić information content (AvgIpc) is 3.76. The first-order valence-corrected chi connectivity index (χ1v) is 16.5. The number of nitrogens with zero attached hydrogens (tertiary/aromatic N) is 4. The lowest BCUT2D eigenvalue weighted by Gasteiger charge is -2.47. The van der Waals surface area contributed by atoms with Gasteiger partial charge in [-0.25, -0.2) is 9.19 Å². The van der Waals surface area contributed by atoms with Gasteiger partial charge in [0.2, 0.25) is 0 Å². The van der Waals surface area contributed by atoms with Crippen LogP contribution in [-0.4, -0.2) is 51.2 Å². The van der Waals surface area contributed by atoms with Gasteiger partial charge in [0, 0.05) is 59.7 Å². The van der Waals surface area contributed by atoms with Gasteiger partial charge in [-0.05, 0) is 73.4 Å². The summed E-state index contributed by atoms with van der Waals surface area (Å²) in [7, 11) is -1.67. The van der Waals surface area contributed by atoms with Gasteiger partial charge in [0.1, 0.15) is 33.9 Å². The number of allylic oxidation sites excluding steroid dienone is 2. The number of ether oxygens (including phenoxy) is 1. The monoisotopic (exact) mass is 673 g/mol. The number of alkyl halides is 5. The van der Waals surface area contributed by atoms with Crippen molar-refractivity contribution in [2.45, 2.75) is 50.8 Å². The van der Waals surface area contributed by atoms with E-state index in [0.717, 1.165) is 49.2 Å². The van der Waals surface area contributed by atoms with Crippen LogP contribution in [0.3, 0.4) is 0 Å². The molecule has 1 N–H and O–H groups in total. The zero-order valence-electron chi connectivity index (χ0n) is 24.9. The first-order valence-electron chi connectivity index (χ1n) is 14.9. The van der Waals surface area contributed by atoms with Crippen LogP contribution in [0.15, 0.2) is 53.2 Å². The number of benzene rings is 1. The lowest BCUT2D eigenvalue weighted by Crippen LogP contribution is -2.42. The molecule has 1 saturated carbocycles. The number of nitrogens with one attached hydrogen (secondary N) is 1. The van der Waals surface area contributed by atoms with Gasteiger partial charge in [-0.3, -0.25) is 14.5 Å². The highest BCUT2D eigenvalue weighted by molar-refractivity contribution is 7.82. The topological polar surface area (TPSA) is 110 Å². The normalized spacial score (nSPS) is 18.3. The zero-order valence-corrected chi connectivity index (χ0v) is 25.8. The molecule has 0 bridgehead atoms. The molecule has 1 saturated heterocycles. The average molecular weight is 674 g/mol. The molecule has 4 aromatic rings. The van der Waals surface area contributed by atoms with E-state index < -0.39 is 35.4 Å². The zero-order chi connectivity index (χ0) is 33.1. The summed E-state index contributed by atoms with van der Waals surface area (Å²) in [6, 6.07) is 9.04. The summed E-state index contributed by atoms with van der Waals surface area (Å²) < 4.78 is 92.2. The molecule has 15 heteroatoms. The molecule has 2 fully saturated rings. The molecule has 4 heterocycles. The minimum absolute atomic E-state index is 0.101. The number of amides is 1. The molecule has 246 valence electrons. The van der Waals surface area contributed by atoms with Gasteiger partial charge in [0.15, 0.2) is 5.69 Å². The lowest BCUT2D eigenvalue weighted by atomic mass is 9.63. The molecule has 1 atom stereocenters. The second kappa shape index (κ2) is 11.7. The number of hydrogen-bond donors (Lipinski definition) is 1. The minimum Gasteiger partial charge on any atom is -0.434 e. The number of rotatable bonds is 8. The molecule has 7 rings (SSSR count). The van der Waals surface area contributed by atoms with Gasteiger partial charge in [-0.15, -0.1) is 0 Å². The number of hydrogen-bond acceptors (Lipinski definition) is 8. The number of aromatic nitrogens is 3. The Morgan fingerprint density at radius 3 is 2.57 bits per heavy atom. The van der Waals surface area contributed by atoms with Gasteiger partial charge in [0.05, 0.1) is 5.52 Å². The van der Waals surface area contributed by atoms with Crippen molar-refractivity contribution in [2.75, 3.05) is 24.2 Å². The summed E-state index contributed by atoms with van der Waals surface area (Å²) in [5, 5.41) is 4.42. The summed E-state index contributed by atoms with van der Waals surface area (Å²) in [4.78, 5) is 22.4. The molecule has 1 aromatic carbocycles. The van der Waals surface area contributed by atoms with Crippen molar-refractivity contribution in [3.8, 4) is 17.0 Å². The van der Waals surface area contributed by atoms with E-state index in [-0.39, 0.29) is 39.6 Å². The van der Waals surface area contributed by atoms with E-state index in [4.69, 9.17) is 9.26 Å².